The van der Waals surface area contributed by atoms with Gasteiger partial charge in [0.1, 0.15) is 0 Å². The highest BCUT2D eigenvalue weighted by Crippen LogP contribution is 2.29. The highest BCUT2D eigenvalue weighted by Gasteiger charge is 2.23. The van der Waals surface area contributed by atoms with E-state index in [1.165, 1.54) is 22.3 Å². The second-order valence-corrected chi connectivity index (χ2v) is 5.71. The summed E-state index contributed by atoms with van der Waals surface area (Å²) in [5.74, 6) is 1.05. The number of nitrogens with one attached hydrogen (secondary N) is 1. The predicted octanol–water partition coefficient (Wildman–Crippen LogP) is 3.10. The van der Waals surface area contributed by atoms with Crippen LogP contribution in [0.25, 0.3) is 0 Å². The molecule has 0 amide bonds. The van der Waals surface area contributed by atoms with Gasteiger partial charge in [-0.05, 0) is 68.5 Å². The summed E-state index contributed by atoms with van der Waals surface area (Å²) in [6.07, 6.45) is 0. The third-order valence-electron chi connectivity index (χ3n) is 4.22. The molecule has 0 spiro atoms. The Labute approximate surface area is 112 Å². The van der Waals surface area contributed by atoms with E-state index in [2.05, 4.69) is 52.1 Å². The largest absolute Gasteiger partial charge is 0.324 e. The van der Waals surface area contributed by atoms with Crippen molar-refractivity contribution in [3.05, 3.63) is 34.4 Å². The van der Waals surface area contributed by atoms with Gasteiger partial charge in [-0.15, -0.1) is 0 Å². The van der Waals surface area contributed by atoms with Gasteiger partial charge < -0.3 is 11.1 Å². The lowest BCUT2D eigenvalue weighted by Crippen LogP contribution is -2.33. The van der Waals surface area contributed by atoms with Gasteiger partial charge in [0.25, 0.3) is 0 Å². The van der Waals surface area contributed by atoms with Crippen LogP contribution in [-0.4, -0.2) is 13.6 Å². The van der Waals surface area contributed by atoms with Crippen LogP contribution < -0.4 is 11.1 Å². The minimum atomic E-state index is 0.108. The molecule has 0 aromatic heterocycles. The Kier molecular flexibility index (Phi) is 5.36. The standard InChI is InChI=1S/C16H28N2/c1-10(2)15(9-18-6)16(17)14-8-7-11(3)12(4)13(14)5/h7-8,10,15-16,18H,9,17H2,1-6H3. The van der Waals surface area contributed by atoms with Gasteiger partial charge in [0, 0.05) is 6.04 Å². The van der Waals surface area contributed by atoms with Crippen LogP contribution in [0.15, 0.2) is 12.1 Å². The highest BCUT2D eigenvalue weighted by molar-refractivity contribution is 5.40. The fourth-order valence-corrected chi connectivity index (χ4v) is 2.58. The molecular weight excluding hydrogens is 220 g/mol. The number of benzene rings is 1. The summed E-state index contributed by atoms with van der Waals surface area (Å²) in [7, 11) is 2.00. The summed E-state index contributed by atoms with van der Waals surface area (Å²) in [6, 6.07) is 4.50. The van der Waals surface area contributed by atoms with E-state index in [1.54, 1.807) is 0 Å². The molecule has 1 rings (SSSR count). The molecule has 2 nitrogen and oxygen atoms in total. The van der Waals surface area contributed by atoms with Crippen LogP contribution in [0.5, 0.6) is 0 Å². The fraction of sp³-hybridized carbons (Fsp3) is 0.625. The molecule has 2 atom stereocenters. The maximum Gasteiger partial charge on any atom is 0.0340 e. The van der Waals surface area contributed by atoms with Gasteiger partial charge in [-0.3, -0.25) is 0 Å². The van der Waals surface area contributed by atoms with Crippen molar-refractivity contribution < 1.29 is 0 Å². The molecule has 0 saturated heterocycles. The van der Waals surface area contributed by atoms with Crippen LogP contribution in [0.1, 0.15) is 42.1 Å². The summed E-state index contributed by atoms with van der Waals surface area (Å²) < 4.78 is 0. The molecule has 0 aliphatic rings. The lowest BCUT2D eigenvalue weighted by Gasteiger charge is -2.29. The maximum atomic E-state index is 6.51. The number of rotatable bonds is 5. The van der Waals surface area contributed by atoms with Crippen LogP contribution in [-0.2, 0) is 0 Å². The van der Waals surface area contributed by atoms with Crippen LogP contribution in [0.2, 0.25) is 0 Å². The quantitative estimate of drug-likeness (QED) is 0.840. The van der Waals surface area contributed by atoms with E-state index < -0.39 is 0 Å². The summed E-state index contributed by atoms with van der Waals surface area (Å²) >= 11 is 0. The van der Waals surface area contributed by atoms with E-state index in [0.29, 0.717) is 11.8 Å². The normalized spacial score (nSPS) is 14.9. The van der Waals surface area contributed by atoms with Crippen molar-refractivity contribution in [2.75, 3.05) is 13.6 Å². The summed E-state index contributed by atoms with van der Waals surface area (Å²) in [5, 5.41) is 3.27. The first-order valence-corrected chi connectivity index (χ1v) is 6.87. The van der Waals surface area contributed by atoms with E-state index in [9.17, 15) is 0 Å². The van der Waals surface area contributed by atoms with E-state index >= 15 is 0 Å². The maximum absolute atomic E-state index is 6.51. The SMILES string of the molecule is CNCC(C(C)C)C(N)c1ccc(C)c(C)c1C. The van der Waals surface area contributed by atoms with Gasteiger partial charge in [-0.1, -0.05) is 26.0 Å². The molecule has 0 saturated carbocycles. The first kappa shape index (κ1) is 15.2. The second kappa shape index (κ2) is 6.35. The summed E-state index contributed by atoms with van der Waals surface area (Å²) in [4.78, 5) is 0. The molecule has 1 aromatic carbocycles. The van der Waals surface area contributed by atoms with Crippen molar-refractivity contribution in [1.29, 1.82) is 0 Å². The molecule has 0 fully saturated rings. The zero-order chi connectivity index (χ0) is 13.9. The fourth-order valence-electron chi connectivity index (χ4n) is 2.58. The molecule has 0 aliphatic heterocycles. The predicted molar refractivity (Wildman–Crippen MR) is 79.8 cm³/mol. The van der Waals surface area contributed by atoms with Gasteiger partial charge in [-0.25, -0.2) is 0 Å². The lowest BCUT2D eigenvalue weighted by atomic mass is 9.82. The average Bonchev–Trinajstić information content (AvgIpc) is 2.32. The Bertz CT molecular complexity index is 396. The molecule has 2 unspecified atom stereocenters. The van der Waals surface area contributed by atoms with E-state index in [4.69, 9.17) is 5.73 Å². The smallest absolute Gasteiger partial charge is 0.0340 e. The lowest BCUT2D eigenvalue weighted by molar-refractivity contribution is 0.313. The van der Waals surface area contributed by atoms with Crippen LogP contribution in [0, 0.1) is 32.6 Å². The Balaban J connectivity index is 3.09. The molecule has 1 aromatic rings. The third-order valence-corrected chi connectivity index (χ3v) is 4.22. The van der Waals surface area contributed by atoms with E-state index in [0.717, 1.165) is 6.54 Å². The Morgan fingerprint density at radius 2 is 1.72 bits per heavy atom. The molecule has 3 N–H and O–H groups in total. The van der Waals surface area contributed by atoms with E-state index in [1.807, 2.05) is 7.05 Å². The average molecular weight is 248 g/mol. The topological polar surface area (TPSA) is 38.0 Å². The van der Waals surface area contributed by atoms with Crippen molar-refractivity contribution in [3.63, 3.8) is 0 Å². The Hall–Kier alpha value is -0.860. The van der Waals surface area contributed by atoms with Gasteiger partial charge in [0.15, 0.2) is 0 Å². The summed E-state index contributed by atoms with van der Waals surface area (Å²) in [6.45, 7) is 12.0. The van der Waals surface area contributed by atoms with Crippen molar-refractivity contribution in [1.82, 2.24) is 5.32 Å². The first-order valence-electron chi connectivity index (χ1n) is 6.87. The molecule has 0 heterocycles. The van der Waals surface area contributed by atoms with Crippen molar-refractivity contribution >= 4 is 0 Å². The Morgan fingerprint density at radius 3 is 2.22 bits per heavy atom. The molecule has 0 radical (unpaired) electrons. The molecule has 2 heteroatoms. The zero-order valence-electron chi connectivity index (χ0n) is 12.7. The van der Waals surface area contributed by atoms with Crippen LogP contribution in [0.4, 0.5) is 0 Å². The minimum absolute atomic E-state index is 0.108. The third kappa shape index (κ3) is 3.12. The van der Waals surface area contributed by atoms with Crippen molar-refractivity contribution in [2.45, 2.75) is 40.7 Å². The van der Waals surface area contributed by atoms with Crippen LogP contribution >= 0.6 is 0 Å². The van der Waals surface area contributed by atoms with Gasteiger partial charge >= 0.3 is 0 Å². The summed E-state index contributed by atoms with van der Waals surface area (Å²) in [5.41, 5.74) is 11.9. The van der Waals surface area contributed by atoms with Crippen LogP contribution in [0.3, 0.4) is 0 Å². The molecule has 0 bridgehead atoms. The second-order valence-electron chi connectivity index (χ2n) is 5.71. The Morgan fingerprint density at radius 1 is 1.11 bits per heavy atom. The van der Waals surface area contributed by atoms with Crippen molar-refractivity contribution in [2.24, 2.45) is 17.6 Å². The van der Waals surface area contributed by atoms with Gasteiger partial charge in [0.05, 0.1) is 0 Å². The number of hydrogen-bond donors (Lipinski definition) is 2. The highest BCUT2D eigenvalue weighted by atomic mass is 14.8. The molecule has 102 valence electrons. The molecule has 0 aliphatic carbocycles. The zero-order valence-corrected chi connectivity index (χ0v) is 12.7. The molecular formula is C16H28N2. The van der Waals surface area contributed by atoms with E-state index in [-0.39, 0.29) is 6.04 Å². The molecule has 18 heavy (non-hydrogen) atoms. The monoisotopic (exact) mass is 248 g/mol. The van der Waals surface area contributed by atoms with Gasteiger partial charge in [0.2, 0.25) is 0 Å². The number of aryl methyl sites for hydroxylation is 1. The minimum Gasteiger partial charge on any atom is -0.324 e. The number of hydrogen-bond acceptors (Lipinski definition) is 2. The van der Waals surface area contributed by atoms with Gasteiger partial charge in [-0.2, -0.15) is 0 Å². The number of nitrogens with two attached hydrogens (primary N) is 1. The van der Waals surface area contributed by atoms with Crippen molar-refractivity contribution in [3.8, 4) is 0 Å². The first-order chi connectivity index (χ1) is 8.40.